The van der Waals surface area contributed by atoms with Crippen LogP contribution in [0.4, 0.5) is 0 Å². The first-order valence-electron chi connectivity index (χ1n) is 4.45. The molecule has 0 aromatic carbocycles. The van der Waals surface area contributed by atoms with Crippen molar-refractivity contribution in [1.29, 1.82) is 0 Å². The average Bonchev–Trinajstić information content (AvgIpc) is 2.08. The van der Waals surface area contributed by atoms with E-state index in [-0.39, 0.29) is 6.04 Å². The molecule has 0 saturated carbocycles. The predicted molar refractivity (Wildman–Crippen MR) is 58.5 cm³/mol. The summed E-state index contributed by atoms with van der Waals surface area (Å²) < 4.78 is 1.01. The normalized spacial score (nSPS) is 13.3. The fraction of sp³-hybridized carbons (Fsp3) is 0.500. The molecule has 0 fully saturated rings. The van der Waals surface area contributed by atoms with Crippen LogP contribution >= 0.6 is 15.9 Å². The van der Waals surface area contributed by atoms with Gasteiger partial charge in [-0.25, -0.2) is 0 Å². The highest BCUT2D eigenvalue weighted by atomic mass is 79.9. The van der Waals surface area contributed by atoms with Gasteiger partial charge in [-0.1, -0.05) is 13.8 Å². The highest BCUT2D eigenvalue weighted by Crippen LogP contribution is 2.10. The second-order valence-electron chi connectivity index (χ2n) is 3.58. The summed E-state index contributed by atoms with van der Waals surface area (Å²) in [6, 6.07) is 4.20. The molecule has 1 atom stereocenters. The number of pyridine rings is 1. The van der Waals surface area contributed by atoms with Gasteiger partial charge in [0.2, 0.25) is 0 Å². The van der Waals surface area contributed by atoms with Crippen LogP contribution in [-0.4, -0.2) is 11.0 Å². The van der Waals surface area contributed by atoms with Crippen LogP contribution < -0.4 is 5.73 Å². The fourth-order valence-corrected chi connectivity index (χ4v) is 1.24. The first-order valence-corrected chi connectivity index (χ1v) is 5.25. The minimum atomic E-state index is 0.202. The first kappa shape index (κ1) is 10.7. The molecule has 1 unspecified atom stereocenters. The SMILES string of the molecule is CC(C)C(N)Cc1ccc(Br)cn1. The van der Waals surface area contributed by atoms with E-state index >= 15 is 0 Å². The topological polar surface area (TPSA) is 38.9 Å². The molecule has 0 aliphatic rings. The summed E-state index contributed by atoms with van der Waals surface area (Å²) in [5.74, 6) is 0.505. The van der Waals surface area contributed by atoms with Crippen LogP contribution in [0, 0.1) is 5.92 Å². The highest BCUT2D eigenvalue weighted by molar-refractivity contribution is 9.10. The van der Waals surface area contributed by atoms with E-state index in [4.69, 9.17) is 5.73 Å². The average molecular weight is 243 g/mol. The van der Waals surface area contributed by atoms with Gasteiger partial charge in [-0.2, -0.15) is 0 Å². The Morgan fingerprint density at radius 1 is 1.46 bits per heavy atom. The molecule has 0 spiro atoms. The maximum atomic E-state index is 5.93. The van der Waals surface area contributed by atoms with Crippen LogP contribution in [0.1, 0.15) is 19.5 Å². The monoisotopic (exact) mass is 242 g/mol. The number of hydrogen-bond acceptors (Lipinski definition) is 2. The van der Waals surface area contributed by atoms with Crippen molar-refractivity contribution >= 4 is 15.9 Å². The molecule has 0 aliphatic heterocycles. The maximum absolute atomic E-state index is 5.93. The number of nitrogens with two attached hydrogens (primary N) is 1. The largest absolute Gasteiger partial charge is 0.327 e. The van der Waals surface area contributed by atoms with E-state index < -0.39 is 0 Å². The number of hydrogen-bond donors (Lipinski definition) is 1. The Kier molecular flexibility index (Phi) is 3.88. The number of aromatic nitrogens is 1. The van der Waals surface area contributed by atoms with Gasteiger partial charge in [0, 0.05) is 28.8 Å². The zero-order valence-electron chi connectivity index (χ0n) is 8.00. The second-order valence-corrected chi connectivity index (χ2v) is 4.50. The highest BCUT2D eigenvalue weighted by Gasteiger charge is 2.08. The quantitative estimate of drug-likeness (QED) is 0.885. The van der Waals surface area contributed by atoms with E-state index in [9.17, 15) is 0 Å². The molecule has 0 saturated heterocycles. The first-order chi connectivity index (χ1) is 6.09. The summed E-state index contributed by atoms with van der Waals surface area (Å²) in [5.41, 5.74) is 6.99. The smallest absolute Gasteiger partial charge is 0.0420 e. The Morgan fingerprint density at radius 2 is 2.15 bits per heavy atom. The Hall–Kier alpha value is -0.410. The third-order valence-corrected chi connectivity index (χ3v) is 2.56. The molecular weight excluding hydrogens is 228 g/mol. The van der Waals surface area contributed by atoms with Crippen LogP contribution in [0.5, 0.6) is 0 Å². The number of halogens is 1. The summed E-state index contributed by atoms with van der Waals surface area (Å²) in [4.78, 5) is 4.27. The molecule has 2 N–H and O–H groups in total. The van der Waals surface area contributed by atoms with Crippen LogP contribution in [0.3, 0.4) is 0 Å². The Labute approximate surface area is 87.7 Å². The molecule has 72 valence electrons. The number of nitrogens with zero attached hydrogens (tertiary/aromatic N) is 1. The molecule has 0 amide bonds. The van der Waals surface area contributed by atoms with Crippen molar-refractivity contribution in [2.45, 2.75) is 26.3 Å². The van der Waals surface area contributed by atoms with Crippen molar-refractivity contribution in [3.05, 3.63) is 28.5 Å². The van der Waals surface area contributed by atoms with Crippen LogP contribution in [0.15, 0.2) is 22.8 Å². The lowest BCUT2D eigenvalue weighted by Gasteiger charge is -2.14. The van der Waals surface area contributed by atoms with Crippen molar-refractivity contribution in [2.24, 2.45) is 11.7 Å². The fourth-order valence-electron chi connectivity index (χ4n) is 1.00. The predicted octanol–water partition coefficient (Wildman–Crippen LogP) is 2.37. The molecule has 13 heavy (non-hydrogen) atoms. The van der Waals surface area contributed by atoms with Gasteiger partial charge >= 0.3 is 0 Å². The zero-order valence-corrected chi connectivity index (χ0v) is 9.58. The van der Waals surface area contributed by atoms with E-state index in [1.165, 1.54) is 0 Å². The molecular formula is C10H15BrN2. The third-order valence-electron chi connectivity index (χ3n) is 2.09. The number of rotatable bonds is 3. The van der Waals surface area contributed by atoms with Crippen molar-refractivity contribution in [3.63, 3.8) is 0 Å². The third kappa shape index (κ3) is 3.44. The van der Waals surface area contributed by atoms with E-state index in [1.54, 1.807) is 0 Å². The summed E-state index contributed by atoms with van der Waals surface area (Å²) in [7, 11) is 0. The molecule has 1 aromatic rings. The maximum Gasteiger partial charge on any atom is 0.0420 e. The molecule has 1 heterocycles. The Morgan fingerprint density at radius 3 is 2.62 bits per heavy atom. The van der Waals surface area contributed by atoms with Crippen LogP contribution in [0.2, 0.25) is 0 Å². The lowest BCUT2D eigenvalue weighted by molar-refractivity contribution is 0.486. The second kappa shape index (κ2) is 4.72. The van der Waals surface area contributed by atoms with Crippen molar-refractivity contribution in [1.82, 2.24) is 4.98 Å². The van der Waals surface area contributed by atoms with Gasteiger partial charge in [-0.3, -0.25) is 4.98 Å². The molecule has 1 rings (SSSR count). The molecule has 3 heteroatoms. The summed E-state index contributed by atoms with van der Waals surface area (Å²) in [6.07, 6.45) is 2.66. The molecule has 1 aromatic heterocycles. The molecule has 0 radical (unpaired) electrons. The van der Waals surface area contributed by atoms with Crippen molar-refractivity contribution < 1.29 is 0 Å². The molecule has 0 bridgehead atoms. The van der Waals surface area contributed by atoms with E-state index in [0.717, 1.165) is 16.6 Å². The summed E-state index contributed by atoms with van der Waals surface area (Å²) >= 11 is 3.35. The van der Waals surface area contributed by atoms with Gasteiger partial charge in [0.1, 0.15) is 0 Å². The Balaban J connectivity index is 2.59. The van der Waals surface area contributed by atoms with Gasteiger partial charge < -0.3 is 5.73 Å². The summed E-state index contributed by atoms with van der Waals surface area (Å²) in [5, 5.41) is 0. The van der Waals surface area contributed by atoms with Gasteiger partial charge in [0.15, 0.2) is 0 Å². The lowest BCUT2D eigenvalue weighted by Crippen LogP contribution is -2.29. The van der Waals surface area contributed by atoms with Gasteiger partial charge in [-0.05, 0) is 34.0 Å². The van der Waals surface area contributed by atoms with Crippen molar-refractivity contribution in [2.75, 3.05) is 0 Å². The summed E-state index contributed by atoms with van der Waals surface area (Å²) in [6.45, 7) is 4.26. The van der Waals surface area contributed by atoms with Gasteiger partial charge in [0.25, 0.3) is 0 Å². The van der Waals surface area contributed by atoms with E-state index in [0.29, 0.717) is 5.92 Å². The minimum Gasteiger partial charge on any atom is -0.327 e. The minimum absolute atomic E-state index is 0.202. The molecule has 0 aliphatic carbocycles. The lowest BCUT2D eigenvalue weighted by atomic mass is 10.0. The molecule has 2 nitrogen and oxygen atoms in total. The van der Waals surface area contributed by atoms with Crippen molar-refractivity contribution in [3.8, 4) is 0 Å². The van der Waals surface area contributed by atoms with Gasteiger partial charge in [-0.15, -0.1) is 0 Å². The van der Waals surface area contributed by atoms with Crippen LogP contribution in [-0.2, 0) is 6.42 Å². The standard InChI is InChI=1S/C10H15BrN2/c1-7(2)10(12)5-9-4-3-8(11)6-13-9/h3-4,6-7,10H,5,12H2,1-2H3. The van der Waals surface area contributed by atoms with Gasteiger partial charge in [0.05, 0.1) is 0 Å². The Bertz CT molecular complexity index is 256. The van der Waals surface area contributed by atoms with Crippen LogP contribution in [0.25, 0.3) is 0 Å². The van der Waals surface area contributed by atoms with E-state index in [1.807, 2.05) is 18.3 Å². The zero-order chi connectivity index (χ0) is 9.84. The van der Waals surface area contributed by atoms with E-state index in [2.05, 4.69) is 34.8 Å².